The van der Waals surface area contributed by atoms with Crippen LogP contribution in [0, 0.1) is 0 Å². The van der Waals surface area contributed by atoms with Crippen LogP contribution in [0.15, 0.2) is 152 Å². The Morgan fingerprint density at radius 3 is 1.48 bits per heavy atom. The number of nitrogens with zero attached hydrogens (tertiary/aromatic N) is 1. The highest BCUT2D eigenvalue weighted by atomic mass is 14.6. The highest BCUT2D eigenvalue weighted by Crippen LogP contribution is 2.44. The van der Waals surface area contributed by atoms with E-state index in [9.17, 15) is 0 Å². The summed E-state index contributed by atoms with van der Waals surface area (Å²) in [4.78, 5) is 4.68. The van der Waals surface area contributed by atoms with Gasteiger partial charge in [-0.2, -0.15) is 0 Å². The van der Waals surface area contributed by atoms with E-state index < -0.39 is 0 Å². The van der Waals surface area contributed by atoms with Crippen LogP contribution in [0.25, 0.3) is 76.6 Å². The lowest BCUT2D eigenvalue weighted by molar-refractivity contribution is 1.41. The maximum atomic E-state index is 4.68. The molecule has 0 aliphatic heterocycles. The van der Waals surface area contributed by atoms with Crippen molar-refractivity contribution < 1.29 is 0 Å². The number of hydrogen-bond acceptors (Lipinski definition) is 1. The second-order valence-electron chi connectivity index (χ2n) is 10.4. The van der Waals surface area contributed by atoms with Crippen molar-refractivity contribution in [3.8, 4) is 33.4 Å². The topological polar surface area (TPSA) is 12.9 Å². The fourth-order valence-electron chi connectivity index (χ4n) is 6.15. The largest absolute Gasteiger partial charge is 0.256 e. The van der Waals surface area contributed by atoms with Crippen molar-refractivity contribution in [2.45, 2.75) is 0 Å². The Bertz CT molecular complexity index is 2150. The first kappa shape index (κ1) is 22.7. The van der Waals surface area contributed by atoms with Gasteiger partial charge in [-0.1, -0.05) is 127 Å². The van der Waals surface area contributed by atoms with E-state index in [2.05, 4.69) is 145 Å². The van der Waals surface area contributed by atoms with E-state index in [1.807, 2.05) is 12.3 Å². The number of benzene rings is 7. The quantitative estimate of drug-likeness (QED) is 0.217. The highest BCUT2D eigenvalue weighted by molar-refractivity contribution is 6.21. The van der Waals surface area contributed by atoms with Crippen molar-refractivity contribution in [2.24, 2.45) is 0 Å². The predicted molar refractivity (Wildman–Crippen MR) is 171 cm³/mol. The molecule has 1 aromatic heterocycles. The van der Waals surface area contributed by atoms with Gasteiger partial charge in [-0.05, 0) is 78.3 Å². The van der Waals surface area contributed by atoms with Crippen molar-refractivity contribution in [3.63, 3.8) is 0 Å². The number of pyridine rings is 1. The molecule has 1 heterocycles. The van der Waals surface area contributed by atoms with E-state index in [1.165, 1.54) is 60.1 Å². The Labute approximate surface area is 233 Å². The Balaban J connectivity index is 1.33. The minimum Gasteiger partial charge on any atom is -0.256 e. The summed E-state index contributed by atoms with van der Waals surface area (Å²) in [7, 11) is 0. The van der Waals surface area contributed by atoms with Gasteiger partial charge < -0.3 is 0 Å². The van der Waals surface area contributed by atoms with E-state index in [0.29, 0.717) is 0 Å². The first-order chi connectivity index (χ1) is 19.8. The Morgan fingerprint density at radius 2 is 0.800 bits per heavy atom. The van der Waals surface area contributed by atoms with Crippen molar-refractivity contribution in [2.75, 3.05) is 0 Å². The molecule has 0 N–H and O–H groups in total. The normalized spacial score (nSPS) is 11.5. The number of para-hydroxylation sites is 1. The predicted octanol–water partition coefficient (Wildman–Crippen LogP) is 10.7. The fourth-order valence-corrected chi connectivity index (χ4v) is 6.15. The molecule has 0 aliphatic rings. The lowest BCUT2D eigenvalue weighted by atomic mass is 9.85. The van der Waals surface area contributed by atoms with Gasteiger partial charge in [0.2, 0.25) is 0 Å². The van der Waals surface area contributed by atoms with Crippen LogP contribution in [0.5, 0.6) is 0 Å². The molecule has 0 radical (unpaired) electrons. The summed E-state index contributed by atoms with van der Waals surface area (Å²) >= 11 is 0. The zero-order valence-electron chi connectivity index (χ0n) is 21.9. The van der Waals surface area contributed by atoms with Gasteiger partial charge in [-0.25, -0.2) is 0 Å². The standard InChI is InChI=1S/C39H25N/c1-2-10-29-23-31(22-19-26(29)9-1)39-35-14-6-4-12-33(35)38(34-13-5-7-15-36(34)39)28-20-17-27(18-21-28)32-24-30-11-3-8-16-37(30)40-25-32/h1-25H. The van der Waals surface area contributed by atoms with Crippen molar-refractivity contribution >= 4 is 43.2 Å². The average Bonchev–Trinajstić information content (AvgIpc) is 3.03. The minimum atomic E-state index is 1.02. The second-order valence-corrected chi connectivity index (χ2v) is 10.4. The van der Waals surface area contributed by atoms with Crippen LogP contribution in [-0.2, 0) is 0 Å². The van der Waals surface area contributed by atoms with Gasteiger partial charge in [-0.3, -0.25) is 4.98 Å². The molecular formula is C39H25N. The van der Waals surface area contributed by atoms with Crippen molar-refractivity contribution in [1.29, 1.82) is 0 Å². The summed E-state index contributed by atoms with van der Waals surface area (Å²) in [5.74, 6) is 0. The molecule has 1 nitrogen and oxygen atoms in total. The van der Waals surface area contributed by atoms with Crippen molar-refractivity contribution in [1.82, 2.24) is 4.98 Å². The summed E-state index contributed by atoms with van der Waals surface area (Å²) in [6.45, 7) is 0. The van der Waals surface area contributed by atoms with Crippen LogP contribution in [0.3, 0.4) is 0 Å². The minimum absolute atomic E-state index is 1.02. The molecular weight excluding hydrogens is 482 g/mol. The molecule has 0 aliphatic carbocycles. The maximum absolute atomic E-state index is 4.68. The number of fused-ring (bicyclic) bond motifs is 4. The Morgan fingerprint density at radius 1 is 0.325 bits per heavy atom. The lowest BCUT2D eigenvalue weighted by Crippen LogP contribution is -1.91. The van der Waals surface area contributed by atoms with Gasteiger partial charge in [0.25, 0.3) is 0 Å². The lowest BCUT2D eigenvalue weighted by Gasteiger charge is -2.18. The molecule has 0 saturated heterocycles. The van der Waals surface area contributed by atoms with Gasteiger partial charge in [-0.15, -0.1) is 0 Å². The zero-order chi connectivity index (χ0) is 26.5. The summed E-state index contributed by atoms with van der Waals surface area (Å²) in [6.07, 6.45) is 1.97. The maximum Gasteiger partial charge on any atom is 0.0702 e. The number of hydrogen-bond donors (Lipinski definition) is 0. The molecule has 40 heavy (non-hydrogen) atoms. The van der Waals surface area contributed by atoms with E-state index in [0.717, 1.165) is 16.5 Å². The molecule has 0 fully saturated rings. The SMILES string of the molecule is c1ccc2cc(-c3c4ccccc4c(-c4ccc(-c5cnc6ccccc6c5)cc4)c4ccccc34)ccc2c1. The number of rotatable bonds is 3. The molecule has 8 aromatic rings. The molecule has 0 bridgehead atoms. The molecule has 7 aromatic carbocycles. The van der Waals surface area contributed by atoms with E-state index in [4.69, 9.17) is 0 Å². The van der Waals surface area contributed by atoms with Gasteiger partial charge in [0.05, 0.1) is 5.52 Å². The molecule has 0 amide bonds. The van der Waals surface area contributed by atoms with E-state index in [-0.39, 0.29) is 0 Å². The first-order valence-electron chi connectivity index (χ1n) is 13.7. The third kappa shape index (κ3) is 3.67. The second kappa shape index (κ2) is 9.18. The summed E-state index contributed by atoms with van der Waals surface area (Å²) in [6, 6.07) is 52.6. The van der Waals surface area contributed by atoms with Crippen LogP contribution in [0.2, 0.25) is 0 Å². The third-order valence-electron chi connectivity index (χ3n) is 8.07. The fraction of sp³-hybridized carbons (Fsp3) is 0. The van der Waals surface area contributed by atoms with Gasteiger partial charge in [0.15, 0.2) is 0 Å². The smallest absolute Gasteiger partial charge is 0.0702 e. The van der Waals surface area contributed by atoms with Crippen LogP contribution in [0.1, 0.15) is 0 Å². The molecule has 0 saturated carbocycles. The molecule has 8 rings (SSSR count). The molecule has 1 heteroatoms. The van der Waals surface area contributed by atoms with Crippen molar-refractivity contribution in [3.05, 3.63) is 152 Å². The molecule has 0 atom stereocenters. The molecule has 186 valence electrons. The van der Waals surface area contributed by atoms with Crippen LogP contribution in [0.4, 0.5) is 0 Å². The van der Waals surface area contributed by atoms with E-state index >= 15 is 0 Å². The van der Waals surface area contributed by atoms with Gasteiger partial charge in [0.1, 0.15) is 0 Å². The number of aromatic nitrogens is 1. The summed E-state index contributed by atoms with van der Waals surface area (Å²) in [5, 5.41) is 8.76. The van der Waals surface area contributed by atoms with Gasteiger partial charge >= 0.3 is 0 Å². The first-order valence-corrected chi connectivity index (χ1v) is 13.7. The van der Waals surface area contributed by atoms with Crippen LogP contribution in [-0.4, -0.2) is 4.98 Å². The Hall–Kier alpha value is -5.27. The molecule has 0 unspecified atom stereocenters. The molecule has 0 spiro atoms. The third-order valence-corrected chi connectivity index (χ3v) is 8.07. The Kier molecular flexibility index (Phi) is 5.21. The van der Waals surface area contributed by atoms with Crippen LogP contribution < -0.4 is 0 Å². The summed E-state index contributed by atoms with van der Waals surface area (Å²) < 4.78 is 0. The van der Waals surface area contributed by atoms with Crippen LogP contribution >= 0.6 is 0 Å². The highest BCUT2D eigenvalue weighted by Gasteiger charge is 2.16. The van der Waals surface area contributed by atoms with E-state index in [1.54, 1.807) is 0 Å². The average molecular weight is 508 g/mol. The van der Waals surface area contributed by atoms with Gasteiger partial charge in [0, 0.05) is 17.1 Å². The zero-order valence-corrected chi connectivity index (χ0v) is 21.9. The summed E-state index contributed by atoms with van der Waals surface area (Å²) in [5.41, 5.74) is 8.35. The monoisotopic (exact) mass is 507 g/mol.